The second-order valence-electron chi connectivity index (χ2n) is 3.48. The number of hydrogen-bond donors (Lipinski definition) is 2. The molecule has 1 fully saturated rings. The lowest BCUT2D eigenvalue weighted by atomic mass is 10.4. The van der Waals surface area contributed by atoms with Gasteiger partial charge >= 0.3 is 0 Å². The summed E-state index contributed by atoms with van der Waals surface area (Å²) in [6.07, 6.45) is 0.0239. The smallest absolute Gasteiger partial charge is 0.120 e. The van der Waals surface area contributed by atoms with E-state index >= 15 is 0 Å². The van der Waals surface area contributed by atoms with Crippen molar-refractivity contribution in [3.05, 3.63) is 0 Å². The third-order valence-electron chi connectivity index (χ3n) is 1.86. The van der Waals surface area contributed by atoms with E-state index in [2.05, 4.69) is 19.3 Å². The first-order valence-electron chi connectivity index (χ1n) is 4.42. The molecule has 4 heteroatoms. The number of aliphatic hydroxyl groups is 1. The Morgan fingerprint density at radius 1 is 1.67 bits per heavy atom. The second-order valence-corrected chi connectivity index (χ2v) is 3.48. The molecule has 0 aliphatic carbocycles. The molecule has 72 valence electrons. The topological polar surface area (TPSA) is 44.7 Å². The maximum atomic E-state index is 8.86. The fraction of sp³-hybridized carbons (Fsp3) is 1.00. The summed E-state index contributed by atoms with van der Waals surface area (Å²) in [5.74, 6) is 0. The molecule has 1 aliphatic heterocycles. The van der Waals surface area contributed by atoms with Crippen LogP contribution in [-0.2, 0) is 4.74 Å². The van der Waals surface area contributed by atoms with Crippen LogP contribution in [0.1, 0.15) is 20.8 Å². The van der Waals surface area contributed by atoms with Gasteiger partial charge < -0.3 is 9.84 Å². The predicted octanol–water partition coefficient (Wildman–Crippen LogP) is -0.0615. The van der Waals surface area contributed by atoms with Gasteiger partial charge in [0.2, 0.25) is 0 Å². The lowest BCUT2D eigenvalue weighted by molar-refractivity contribution is -0.0221. The van der Waals surface area contributed by atoms with Gasteiger partial charge in [0.05, 0.1) is 12.7 Å². The lowest BCUT2D eigenvalue weighted by Crippen LogP contribution is -2.44. The monoisotopic (exact) mass is 174 g/mol. The highest BCUT2D eigenvalue weighted by molar-refractivity contribution is 4.72. The van der Waals surface area contributed by atoms with E-state index in [1.807, 2.05) is 11.9 Å². The SMILES string of the molecule is CC(C)NN1C[C@@H](CO)O[C@@H]1C. The van der Waals surface area contributed by atoms with Crippen LogP contribution in [0, 0.1) is 0 Å². The van der Waals surface area contributed by atoms with Crippen molar-refractivity contribution in [3.8, 4) is 0 Å². The molecule has 2 atom stereocenters. The van der Waals surface area contributed by atoms with Gasteiger partial charge in [-0.3, -0.25) is 5.43 Å². The number of nitrogens with zero attached hydrogens (tertiary/aromatic N) is 1. The van der Waals surface area contributed by atoms with E-state index in [1.54, 1.807) is 0 Å². The van der Waals surface area contributed by atoms with Gasteiger partial charge in [-0.25, -0.2) is 5.01 Å². The molecule has 0 aromatic heterocycles. The van der Waals surface area contributed by atoms with Gasteiger partial charge in [-0.1, -0.05) is 0 Å². The fourth-order valence-electron chi connectivity index (χ4n) is 1.35. The molecule has 0 aromatic carbocycles. The van der Waals surface area contributed by atoms with Crippen molar-refractivity contribution in [1.82, 2.24) is 10.4 Å². The molecule has 12 heavy (non-hydrogen) atoms. The third-order valence-corrected chi connectivity index (χ3v) is 1.86. The molecule has 0 bridgehead atoms. The summed E-state index contributed by atoms with van der Waals surface area (Å²) in [6, 6.07) is 0.411. The summed E-state index contributed by atoms with van der Waals surface area (Å²) in [6.45, 7) is 7.00. The van der Waals surface area contributed by atoms with Gasteiger partial charge in [0.25, 0.3) is 0 Å². The fourth-order valence-corrected chi connectivity index (χ4v) is 1.35. The summed E-state index contributed by atoms with van der Waals surface area (Å²) >= 11 is 0. The van der Waals surface area contributed by atoms with Crippen LogP contribution in [0.5, 0.6) is 0 Å². The number of ether oxygens (including phenoxy) is 1. The minimum atomic E-state index is -0.0359. The van der Waals surface area contributed by atoms with Gasteiger partial charge in [-0.05, 0) is 20.8 Å². The van der Waals surface area contributed by atoms with Gasteiger partial charge in [0, 0.05) is 12.6 Å². The molecule has 1 aliphatic rings. The first-order chi connectivity index (χ1) is 5.63. The Balaban J connectivity index is 2.35. The molecule has 1 rings (SSSR count). The summed E-state index contributed by atoms with van der Waals surface area (Å²) in [4.78, 5) is 0. The molecule has 0 spiro atoms. The first kappa shape index (κ1) is 9.92. The Morgan fingerprint density at radius 3 is 2.75 bits per heavy atom. The van der Waals surface area contributed by atoms with Gasteiger partial charge in [0.15, 0.2) is 0 Å². The Labute approximate surface area is 73.5 Å². The number of nitrogens with one attached hydrogen (secondary N) is 1. The van der Waals surface area contributed by atoms with Gasteiger partial charge in [-0.15, -0.1) is 0 Å². The normalized spacial score (nSPS) is 31.8. The van der Waals surface area contributed by atoms with Crippen LogP contribution < -0.4 is 5.43 Å². The molecule has 0 unspecified atom stereocenters. The van der Waals surface area contributed by atoms with Crippen LogP contribution in [0.2, 0.25) is 0 Å². The van der Waals surface area contributed by atoms with Crippen molar-refractivity contribution >= 4 is 0 Å². The minimum Gasteiger partial charge on any atom is -0.394 e. The van der Waals surface area contributed by atoms with Crippen molar-refractivity contribution in [2.75, 3.05) is 13.2 Å². The molecule has 4 nitrogen and oxygen atoms in total. The van der Waals surface area contributed by atoms with Crippen LogP contribution in [0.25, 0.3) is 0 Å². The van der Waals surface area contributed by atoms with E-state index < -0.39 is 0 Å². The molecule has 1 saturated heterocycles. The zero-order valence-corrected chi connectivity index (χ0v) is 7.95. The maximum Gasteiger partial charge on any atom is 0.120 e. The highest BCUT2D eigenvalue weighted by Gasteiger charge is 2.29. The molecule has 1 heterocycles. The maximum absolute atomic E-state index is 8.86. The van der Waals surface area contributed by atoms with Crippen LogP contribution in [0.4, 0.5) is 0 Å². The largest absolute Gasteiger partial charge is 0.394 e. The number of hydrogen-bond acceptors (Lipinski definition) is 4. The van der Waals surface area contributed by atoms with E-state index in [4.69, 9.17) is 9.84 Å². The van der Waals surface area contributed by atoms with Crippen molar-refractivity contribution in [1.29, 1.82) is 0 Å². The Hall–Kier alpha value is -0.160. The highest BCUT2D eigenvalue weighted by atomic mass is 16.5. The Morgan fingerprint density at radius 2 is 2.33 bits per heavy atom. The average molecular weight is 174 g/mol. The van der Waals surface area contributed by atoms with Crippen molar-refractivity contribution in [2.24, 2.45) is 0 Å². The minimum absolute atomic E-state index is 0.0359. The van der Waals surface area contributed by atoms with Crippen LogP contribution in [0.15, 0.2) is 0 Å². The molecule has 2 N–H and O–H groups in total. The molecule has 0 radical (unpaired) electrons. The lowest BCUT2D eigenvalue weighted by Gasteiger charge is -2.22. The van der Waals surface area contributed by atoms with E-state index in [0.717, 1.165) is 6.54 Å². The standard InChI is InChI=1S/C8H18N2O2/c1-6(2)9-10-4-8(5-11)12-7(10)3/h6-9,11H,4-5H2,1-3H3/t7-,8+/m1/s1. The number of aliphatic hydroxyl groups excluding tert-OH is 1. The quantitative estimate of drug-likeness (QED) is 0.629. The molecule has 0 saturated carbocycles. The number of hydrazine groups is 1. The van der Waals surface area contributed by atoms with Gasteiger partial charge in [-0.2, -0.15) is 0 Å². The zero-order chi connectivity index (χ0) is 9.14. The summed E-state index contributed by atoms with van der Waals surface area (Å²) < 4.78 is 5.44. The first-order valence-corrected chi connectivity index (χ1v) is 4.42. The summed E-state index contributed by atoms with van der Waals surface area (Å²) in [5.41, 5.74) is 3.25. The van der Waals surface area contributed by atoms with Crippen LogP contribution >= 0.6 is 0 Å². The van der Waals surface area contributed by atoms with E-state index in [9.17, 15) is 0 Å². The molecule has 0 amide bonds. The Bertz CT molecular complexity index is 141. The van der Waals surface area contributed by atoms with Crippen LogP contribution in [0.3, 0.4) is 0 Å². The number of rotatable bonds is 3. The van der Waals surface area contributed by atoms with E-state index in [1.165, 1.54) is 0 Å². The highest BCUT2D eigenvalue weighted by Crippen LogP contribution is 2.12. The predicted molar refractivity (Wildman–Crippen MR) is 46.4 cm³/mol. The zero-order valence-electron chi connectivity index (χ0n) is 7.95. The summed E-state index contributed by atoms with van der Waals surface area (Å²) in [7, 11) is 0. The molecular formula is C8H18N2O2. The van der Waals surface area contributed by atoms with Crippen LogP contribution in [-0.4, -0.2) is 41.6 Å². The Kier molecular flexibility index (Phi) is 3.46. The average Bonchev–Trinajstić information content (AvgIpc) is 2.31. The van der Waals surface area contributed by atoms with E-state index in [0.29, 0.717) is 6.04 Å². The third kappa shape index (κ3) is 2.42. The van der Waals surface area contributed by atoms with Crippen molar-refractivity contribution < 1.29 is 9.84 Å². The summed E-state index contributed by atoms with van der Waals surface area (Å²) in [5, 5.41) is 10.9. The van der Waals surface area contributed by atoms with Crippen molar-refractivity contribution in [3.63, 3.8) is 0 Å². The molecule has 0 aromatic rings. The second kappa shape index (κ2) is 4.18. The van der Waals surface area contributed by atoms with E-state index in [-0.39, 0.29) is 18.9 Å². The molecular weight excluding hydrogens is 156 g/mol. The van der Waals surface area contributed by atoms with Gasteiger partial charge in [0.1, 0.15) is 6.23 Å². The van der Waals surface area contributed by atoms with Crippen molar-refractivity contribution in [2.45, 2.75) is 39.1 Å².